The topological polar surface area (TPSA) is 84.0 Å². The summed E-state index contributed by atoms with van der Waals surface area (Å²) < 4.78 is 39.0. The van der Waals surface area contributed by atoms with Crippen LogP contribution in [0.2, 0.25) is 0 Å². The van der Waals surface area contributed by atoms with Gasteiger partial charge in [-0.25, -0.2) is 4.98 Å². The SMILES string of the molecule is Cc1ccc(NC(=O)c2ccnc(C(F)(F)F)c2)cc1-c1cccc(-c2ccnc(NC(=O)C3CC3)c2)c1. The smallest absolute Gasteiger partial charge is 0.322 e. The van der Waals surface area contributed by atoms with Crippen LogP contribution in [0.4, 0.5) is 24.7 Å². The lowest BCUT2D eigenvalue weighted by Gasteiger charge is -2.13. The first-order valence-electron chi connectivity index (χ1n) is 12.0. The van der Waals surface area contributed by atoms with E-state index in [1.54, 1.807) is 18.3 Å². The molecule has 192 valence electrons. The average molecular weight is 517 g/mol. The minimum Gasteiger partial charge on any atom is -0.322 e. The molecule has 9 heteroatoms. The second kappa shape index (κ2) is 10.1. The van der Waals surface area contributed by atoms with Crippen LogP contribution >= 0.6 is 0 Å². The summed E-state index contributed by atoms with van der Waals surface area (Å²) in [6.07, 6.45) is -0.217. The number of halogens is 3. The van der Waals surface area contributed by atoms with E-state index < -0.39 is 17.8 Å². The monoisotopic (exact) mass is 516 g/mol. The number of nitrogens with one attached hydrogen (secondary N) is 2. The first-order valence-corrected chi connectivity index (χ1v) is 12.0. The van der Waals surface area contributed by atoms with Crippen molar-refractivity contribution < 1.29 is 22.8 Å². The maximum atomic E-state index is 13.0. The van der Waals surface area contributed by atoms with E-state index in [-0.39, 0.29) is 17.4 Å². The van der Waals surface area contributed by atoms with Crippen molar-refractivity contribution in [2.75, 3.05) is 10.6 Å². The van der Waals surface area contributed by atoms with Crippen LogP contribution in [0.15, 0.2) is 79.1 Å². The molecule has 2 aromatic heterocycles. The molecule has 0 bridgehead atoms. The number of nitrogens with zero attached hydrogens (tertiary/aromatic N) is 2. The fourth-order valence-corrected chi connectivity index (χ4v) is 4.06. The number of benzene rings is 2. The van der Waals surface area contributed by atoms with Gasteiger partial charge in [-0.3, -0.25) is 14.6 Å². The van der Waals surface area contributed by atoms with E-state index in [1.807, 2.05) is 49.4 Å². The molecule has 38 heavy (non-hydrogen) atoms. The van der Waals surface area contributed by atoms with Crippen molar-refractivity contribution in [2.45, 2.75) is 25.9 Å². The van der Waals surface area contributed by atoms with E-state index >= 15 is 0 Å². The Morgan fingerprint density at radius 3 is 2.34 bits per heavy atom. The van der Waals surface area contributed by atoms with Crippen molar-refractivity contribution in [1.82, 2.24) is 9.97 Å². The first kappa shape index (κ1) is 25.1. The van der Waals surface area contributed by atoms with Crippen LogP contribution in [-0.2, 0) is 11.0 Å². The molecule has 5 rings (SSSR count). The number of hydrogen-bond acceptors (Lipinski definition) is 4. The van der Waals surface area contributed by atoms with Gasteiger partial charge in [0.25, 0.3) is 5.91 Å². The van der Waals surface area contributed by atoms with Gasteiger partial charge >= 0.3 is 6.18 Å². The predicted octanol–water partition coefficient (Wildman–Crippen LogP) is 6.74. The maximum absolute atomic E-state index is 13.0. The molecule has 0 saturated heterocycles. The van der Waals surface area contributed by atoms with Crippen molar-refractivity contribution in [3.05, 3.63) is 95.9 Å². The fraction of sp³-hybridized carbons (Fsp3) is 0.172. The second-order valence-electron chi connectivity index (χ2n) is 9.19. The summed E-state index contributed by atoms with van der Waals surface area (Å²) in [5, 5.41) is 5.54. The molecule has 0 spiro atoms. The van der Waals surface area contributed by atoms with Crippen LogP contribution in [0.3, 0.4) is 0 Å². The van der Waals surface area contributed by atoms with E-state index in [9.17, 15) is 22.8 Å². The molecule has 2 heterocycles. The molecule has 1 saturated carbocycles. The van der Waals surface area contributed by atoms with Gasteiger partial charge in [-0.2, -0.15) is 13.2 Å². The van der Waals surface area contributed by atoms with Gasteiger partial charge in [0, 0.05) is 29.6 Å². The molecule has 1 aliphatic rings. The first-order chi connectivity index (χ1) is 18.2. The summed E-state index contributed by atoms with van der Waals surface area (Å²) in [5.41, 5.74) is 3.67. The molecule has 4 aromatic rings. The third-order valence-corrected chi connectivity index (χ3v) is 6.27. The number of aryl methyl sites for hydroxylation is 1. The lowest BCUT2D eigenvalue weighted by molar-refractivity contribution is -0.141. The number of pyridine rings is 2. The molecule has 1 aliphatic carbocycles. The van der Waals surface area contributed by atoms with Crippen LogP contribution < -0.4 is 10.6 Å². The standard InChI is InChI=1S/C29H23F3N4O2/c1-17-5-8-23(35-28(38)22-10-11-33-25(14-22)29(30,31)32)16-24(17)21-4-2-3-19(13-21)20-9-12-34-26(15-20)36-27(37)18-6-7-18/h2-5,8-16,18H,6-7H2,1H3,(H,35,38)(H,34,36,37). The van der Waals surface area contributed by atoms with Gasteiger partial charge in [-0.05, 0) is 90.0 Å². The molecule has 0 radical (unpaired) electrons. The predicted molar refractivity (Wildman–Crippen MR) is 138 cm³/mol. The molecule has 2 aromatic carbocycles. The van der Waals surface area contributed by atoms with Crippen molar-refractivity contribution in [1.29, 1.82) is 0 Å². The van der Waals surface area contributed by atoms with Gasteiger partial charge in [0.1, 0.15) is 11.5 Å². The van der Waals surface area contributed by atoms with Crippen molar-refractivity contribution in [3.8, 4) is 22.3 Å². The molecule has 0 unspecified atom stereocenters. The molecule has 0 atom stereocenters. The Morgan fingerprint density at radius 2 is 1.58 bits per heavy atom. The minimum absolute atomic E-state index is 0.0146. The Bertz CT molecular complexity index is 1530. The molecule has 1 fully saturated rings. The third kappa shape index (κ3) is 5.72. The molecule has 6 nitrogen and oxygen atoms in total. The zero-order valence-electron chi connectivity index (χ0n) is 20.3. The molecule has 2 amide bonds. The quantitative estimate of drug-likeness (QED) is 0.297. The number of aromatic nitrogens is 2. The Morgan fingerprint density at radius 1 is 0.842 bits per heavy atom. The third-order valence-electron chi connectivity index (χ3n) is 6.27. The van der Waals surface area contributed by atoms with E-state index in [4.69, 9.17) is 0 Å². The Labute approximate surface area is 217 Å². The zero-order valence-corrected chi connectivity index (χ0v) is 20.3. The molecule has 0 aliphatic heterocycles. The van der Waals surface area contributed by atoms with E-state index in [1.165, 1.54) is 6.07 Å². The van der Waals surface area contributed by atoms with Crippen molar-refractivity contribution >= 4 is 23.3 Å². The highest BCUT2D eigenvalue weighted by molar-refractivity contribution is 6.04. The Kier molecular flexibility index (Phi) is 6.67. The van der Waals surface area contributed by atoms with Crippen LogP contribution in [0.1, 0.15) is 34.5 Å². The summed E-state index contributed by atoms with van der Waals surface area (Å²) in [6, 6.07) is 18.8. The number of alkyl halides is 3. The van der Waals surface area contributed by atoms with Gasteiger partial charge in [0.15, 0.2) is 0 Å². The van der Waals surface area contributed by atoms with E-state index in [2.05, 4.69) is 20.6 Å². The van der Waals surface area contributed by atoms with E-state index in [0.717, 1.165) is 52.9 Å². The lowest BCUT2D eigenvalue weighted by Crippen LogP contribution is -2.15. The number of hydrogen-bond donors (Lipinski definition) is 2. The maximum Gasteiger partial charge on any atom is 0.433 e. The number of carbonyl (C=O) groups excluding carboxylic acids is 2. The highest BCUT2D eigenvalue weighted by Crippen LogP contribution is 2.33. The van der Waals surface area contributed by atoms with Crippen molar-refractivity contribution in [3.63, 3.8) is 0 Å². The van der Waals surface area contributed by atoms with Crippen LogP contribution in [0.5, 0.6) is 0 Å². The zero-order chi connectivity index (χ0) is 26.9. The Hall–Kier alpha value is -4.53. The van der Waals surface area contributed by atoms with Crippen LogP contribution in [0.25, 0.3) is 22.3 Å². The number of rotatable bonds is 6. The number of anilines is 2. The summed E-state index contributed by atoms with van der Waals surface area (Å²) in [5.74, 6) is -0.112. The molecule has 2 N–H and O–H groups in total. The highest BCUT2D eigenvalue weighted by Gasteiger charge is 2.33. The second-order valence-corrected chi connectivity index (χ2v) is 9.19. The van der Waals surface area contributed by atoms with Crippen LogP contribution in [0, 0.1) is 12.8 Å². The van der Waals surface area contributed by atoms with Crippen LogP contribution in [-0.4, -0.2) is 21.8 Å². The highest BCUT2D eigenvalue weighted by atomic mass is 19.4. The summed E-state index contributed by atoms with van der Waals surface area (Å²) in [4.78, 5) is 32.4. The normalized spacial score (nSPS) is 13.2. The number of carbonyl (C=O) groups is 2. The van der Waals surface area contributed by atoms with Gasteiger partial charge in [0.2, 0.25) is 5.91 Å². The summed E-state index contributed by atoms with van der Waals surface area (Å²) in [7, 11) is 0. The van der Waals surface area contributed by atoms with Gasteiger partial charge in [0.05, 0.1) is 0 Å². The van der Waals surface area contributed by atoms with Gasteiger partial charge < -0.3 is 10.6 Å². The molecular weight excluding hydrogens is 493 g/mol. The molecular formula is C29H23F3N4O2. The van der Waals surface area contributed by atoms with Gasteiger partial charge in [-0.15, -0.1) is 0 Å². The van der Waals surface area contributed by atoms with Crippen molar-refractivity contribution in [2.24, 2.45) is 5.92 Å². The summed E-state index contributed by atoms with van der Waals surface area (Å²) in [6.45, 7) is 1.93. The average Bonchev–Trinajstić information content (AvgIpc) is 3.75. The largest absolute Gasteiger partial charge is 0.433 e. The minimum atomic E-state index is -4.64. The van der Waals surface area contributed by atoms with Gasteiger partial charge in [-0.1, -0.05) is 24.3 Å². The lowest BCUT2D eigenvalue weighted by atomic mass is 9.96. The fourth-order valence-electron chi connectivity index (χ4n) is 4.06. The number of amides is 2. The summed E-state index contributed by atoms with van der Waals surface area (Å²) >= 11 is 0. The Balaban J connectivity index is 1.38. The van der Waals surface area contributed by atoms with E-state index in [0.29, 0.717) is 11.5 Å².